The van der Waals surface area contributed by atoms with Gasteiger partial charge in [0.25, 0.3) is 0 Å². The third-order valence-corrected chi connectivity index (χ3v) is 2.98. The summed E-state index contributed by atoms with van der Waals surface area (Å²) in [5, 5.41) is 2.72. The Bertz CT molecular complexity index is 436. The molecule has 0 saturated carbocycles. The van der Waals surface area contributed by atoms with Crippen molar-refractivity contribution < 1.29 is 18.3 Å². The highest BCUT2D eigenvalue weighted by atomic mass is 19.3. The molecule has 21 heavy (non-hydrogen) atoms. The van der Waals surface area contributed by atoms with Crippen LogP contribution in [0, 0.1) is 11.8 Å². The van der Waals surface area contributed by atoms with Crippen molar-refractivity contribution in [1.82, 2.24) is 0 Å². The summed E-state index contributed by atoms with van der Waals surface area (Å²) in [5.74, 6) is 0.555. The van der Waals surface area contributed by atoms with E-state index < -0.39 is 6.61 Å². The van der Waals surface area contributed by atoms with Crippen molar-refractivity contribution >= 4 is 11.6 Å². The summed E-state index contributed by atoms with van der Waals surface area (Å²) < 4.78 is 28.3. The second-order valence-corrected chi connectivity index (χ2v) is 5.39. The number of anilines is 1. The van der Waals surface area contributed by atoms with E-state index in [1.54, 1.807) is 0 Å². The number of rotatable bonds is 8. The molecule has 0 heterocycles. The zero-order valence-corrected chi connectivity index (χ0v) is 12.3. The van der Waals surface area contributed by atoms with E-state index in [9.17, 15) is 13.6 Å². The minimum absolute atomic E-state index is 0.0580. The molecule has 6 heteroatoms. The van der Waals surface area contributed by atoms with Gasteiger partial charge in [0, 0.05) is 12.1 Å². The topological polar surface area (TPSA) is 64.4 Å². The van der Waals surface area contributed by atoms with E-state index >= 15 is 0 Å². The number of nitrogens with one attached hydrogen (secondary N) is 1. The van der Waals surface area contributed by atoms with Gasteiger partial charge in [-0.25, -0.2) is 0 Å². The Hall–Kier alpha value is -1.69. The average molecular weight is 300 g/mol. The van der Waals surface area contributed by atoms with Crippen LogP contribution in [-0.4, -0.2) is 19.1 Å². The number of carbonyl (C=O) groups is 1. The zero-order chi connectivity index (χ0) is 15.8. The number of ether oxygens (including phenoxy) is 1. The largest absolute Gasteiger partial charge is 0.435 e. The third-order valence-electron chi connectivity index (χ3n) is 2.98. The minimum Gasteiger partial charge on any atom is -0.435 e. The molecule has 1 rings (SSSR count). The lowest BCUT2D eigenvalue weighted by molar-refractivity contribution is -0.117. The van der Waals surface area contributed by atoms with Crippen LogP contribution < -0.4 is 15.8 Å². The maximum atomic E-state index is 12.0. The van der Waals surface area contributed by atoms with Crippen LogP contribution in [0.1, 0.15) is 26.7 Å². The summed E-state index contributed by atoms with van der Waals surface area (Å²) in [6, 6.07) is 5.82. The number of benzene rings is 1. The lowest BCUT2D eigenvalue weighted by Gasteiger charge is -2.16. The van der Waals surface area contributed by atoms with Gasteiger partial charge in [-0.15, -0.1) is 0 Å². The monoisotopic (exact) mass is 300 g/mol. The van der Waals surface area contributed by atoms with E-state index in [2.05, 4.69) is 23.9 Å². The van der Waals surface area contributed by atoms with Crippen LogP contribution in [0.2, 0.25) is 0 Å². The van der Waals surface area contributed by atoms with Crippen LogP contribution in [0.5, 0.6) is 5.75 Å². The van der Waals surface area contributed by atoms with Crippen molar-refractivity contribution in [3.8, 4) is 5.75 Å². The van der Waals surface area contributed by atoms with Gasteiger partial charge >= 0.3 is 6.61 Å². The number of nitrogens with two attached hydrogens (primary N) is 1. The highest BCUT2D eigenvalue weighted by molar-refractivity contribution is 5.90. The van der Waals surface area contributed by atoms with Crippen LogP contribution >= 0.6 is 0 Å². The summed E-state index contributed by atoms with van der Waals surface area (Å²) in [7, 11) is 0. The predicted molar refractivity (Wildman–Crippen MR) is 78.3 cm³/mol. The number of halogens is 2. The van der Waals surface area contributed by atoms with Gasteiger partial charge in [0.1, 0.15) is 5.75 Å². The fraction of sp³-hybridized carbons (Fsp3) is 0.533. The molecule has 1 aromatic carbocycles. The van der Waals surface area contributed by atoms with Gasteiger partial charge in [-0.05, 0) is 49.1 Å². The fourth-order valence-electron chi connectivity index (χ4n) is 2.12. The average Bonchev–Trinajstić information content (AvgIpc) is 2.39. The van der Waals surface area contributed by atoms with E-state index in [1.807, 2.05) is 0 Å². The summed E-state index contributed by atoms with van der Waals surface area (Å²) in [4.78, 5) is 11.9. The molecule has 4 nitrogen and oxygen atoms in total. The molecule has 1 atom stereocenters. The highest BCUT2D eigenvalue weighted by Gasteiger charge is 2.14. The summed E-state index contributed by atoms with van der Waals surface area (Å²) in [6.45, 7) is 1.78. The maximum Gasteiger partial charge on any atom is 0.387 e. The number of alkyl halides is 2. The van der Waals surface area contributed by atoms with Crippen LogP contribution in [0.25, 0.3) is 0 Å². The van der Waals surface area contributed by atoms with Gasteiger partial charge in [-0.1, -0.05) is 13.8 Å². The minimum atomic E-state index is -2.85. The summed E-state index contributed by atoms with van der Waals surface area (Å²) in [6.07, 6.45) is 1.25. The fourth-order valence-corrected chi connectivity index (χ4v) is 2.12. The van der Waals surface area contributed by atoms with Gasteiger partial charge < -0.3 is 15.8 Å². The van der Waals surface area contributed by atoms with E-state index in [4.69, 9.17) is 5.73 Å². The number of hydrogen-bond acceptors (Lipinski definition) is 3. The SMILES string of the molecule is CC(C)C[C@H](CN)CC(=O)Nc1ccc(OC(F)F)cc1. The van der Waals surface area contributed by atoms with Crippen LogP contribution in [0.3, 0.4) is 0 Å². The van der Waals surface area contributed by atoms with Crippen LogP contribution in [0.4, 0.5) is 14.5 Å². The molecule has 0 spiro atoms. The van der Waals surface area contributed by atoms with Gasteiger partial charge in [0.05, 0.1) is 0 Å². The Morgan fingerprint density at radius 3 is 2.38 bits per heavy atom. The molecule has 1 aromatic rings. The predicted octanol–water partition coefficient (Wildman–Crippen LogP) is 3.24. The van der Waals surface area contributed by atoms with Crippen molar-refractivity contribution in [2.75, 3.05) is 11.9 Å². The molecule has 0 unspecified atom stereocenters. The summed E-state index contributed by atoms with van der Waals surface area (Å²) in [5.41, 5.74) is 6.20. The van der Waals surface area contributed by atoms with Crippen molar-refractivity contribution in [2.45, 2.75) is 33.3 Å². The van der Waals surface area contributed by atoms with Crippen molar-refractivity contribution in [3.63, 3.8) is 0 Å². The first-order chi connectivity index (χ1) is 9.90. The van der Waals surface area contributed by atoms with Gasteiger partial charge in [0.15, 0.2) is 0 Å². The van der Waals surface area contributed by atoms with E-state index in [0.29, 0.717) is 24.6 Å². The molecular weight excluding hydrogens is 278 g/mol. The zero-order valence-electron chi connectivity index (χ0n) is 12.3. The van der Waals surface area contributed by atoms with Crippen molar-refractivity contribution in [3.05, 3.63) is 24.3 Å². The van der Waals surface area contributed by atoms with Crippen LogP contribution in [-0.2, 0) is 4.79 Å². The molecule has 0 fully saturated rings. The maximum absolute atomic E-state index is 12.0. The number of amides is 1. The normalized spacial score (nSPS) is 12.5. The lowest BCUT2D eigenvalue weighted by Crippen LogP contribution is -2.23. The number of carbonyl (C=O) groups excluding carboxylic acids is 1. The Morgan fingerprint density at radius 1 is 1.29 bits per heavy atom. The number of hydrogen-bond donors (Lipinski definition) is 2. The Morgan fingerprint density at radius 2 is 1.90 bits per heavy atom. The summed E-state index contributed by atoms with van der Waals surface area (Å²) >= 11 is 0. The molecule has 3 N–H and O–H groups in total. The molecule has 0 aliphatic carbocycles. The lowest BCUT2D eigenvalue weighted by atomic mass is 9.94. The molecule has 0 bridgehead atoms. The quantitative estimate of drug-likeness (QED) is 0.774. The van der Waals surface area contributed by atoms with E-state index in [1.165, 1.54) is 24.3 Å². The smallest absolute Gasteiger partial charge is 0.387 e. The third kappa shape index (κ3) is 7.04. The molecule has 0 saturated heterocycles. The van der Waals surface area contributed by atoms with Gasteiger partial charge in [0.2, 0.25) is 5.91 Å². The van der Waals surface area contributed by atoms with Crippen molar-refractivity contribution in [2.24, 2.45) is 17.6 Å². The van der Waals surface area contributed by atoms with Gasteiger partial charge in [-0.2, -0.15) is 8.78 Å². The van der Waals surface area contributed by atoms with Gasteiger partial charge in [-0.3, -0.25) is 4.79 Å². The second-order valence-electron chi connectivity index (χ2n) is 5.39. The second kappa shape index (κ2) is 8.56. The molecule has 118 valence electrons. The Kier molecular flexibility index (Phi) is 7.08. The Labute approximate surface area is 123 Å². The Balaban J connectivity index is 2.50. The first kappa shape index (κ1) is 17.4. The molecule has 0 aliphatic heterocycles. The molecule has 0 aromatic heterocycles. The molecule has 0 radical (unpaired) electrons. The van der Waals surface area contributed by atoms with Crippen LogP contribution in [0.15, 0.2) is 24.3 Å². The molecule has 0 aliphatic rings. The first-order valence-electron chi connectivity index (χ1n) is 6.95. The highest BCUT2D eigenvalue weighted by Crippen LogP contribution is 2.19. The molecular formula is C15H22F2N2O2. The molecule has 1 amide bonds. The van der Waals surface area contributed by atoms with E-state index in [-0.39, 0.29) is 17.6 Å². The van der Waals surface area contributed by atoms with Crippen molar-refractivity contribution in [1.29, 1.82) is 0 Å². The standard InChI is InChI=1S/C15H22F2N2O2/c1-10(2)7-11(9-18)8-14(20)19-12-3-5-13(6-4-12)21-15(16)17/h3-6,10-11,15H,7-9,18H2,1-2H3,(H,19,20)/t11-/m0/s1. The first-order valence-corrected chi connectivity index (χ1v) is 6.95. The van der Waals surface area contributed by atoms with E-state index in [0.717, 1.165) is 6.42 Å².